The second kappa shape index (κ2) is 6.54. The maximum absolute atomic E-state index is 10.5. The molecule has 1 unspecified atom stereocenters. The van der Waals surface area contributed by atoms with Gasteiger partial charge >= 0.3 is 0 Å². The highest BCUT2D eigenvalue weighted by molar-refractivity contribution is 5.05. The van der Waals surface area contributed by atoms with Crippen LogP contribution in [0.3, 0.4) is 0 Å². The SMILES string of the molecule is COC(C)(C)CC(O)C1(C#N)CCCCCCC1. The van der Waals surface area contributed by atoms with Gasteiger partial charge in [-0.25, -0.2) is 0 Å². The number of hydrogen-bond acceptors (Lipinski definition) is 3. The second-order valence-electron chi connectivity index (χ2n) is 6.22. The molecule has 1 aliphatic carbocycles. The predicted octanol–water partition coefficient (Wildman–Crippen LogP) is 3.42. The first-order valence-electron chi connectivity index (χ1n) is 7.10. The summed E-state index contributed by atoms with van der Waals surface area (Å²) in [6, 6.07) is 2.43. The van der Waals surface area contributed by atoms with Gasteiger partial charge in [0.25, 0.3) is 0 Å². The molecule has 3 nitrogen and oxygen atoms in total. The van der Waals surface area contributed by atoms with E-state index in [4.69, 9.17) is 4.74 Å². The Kier molecular flexibility index (Phi) is 5.62. The van der Waals surface area contributed by atoms with Crippen LogP contribution in [0, 0.1) is 16.7 Å². The lowest BCUT2D eigenvalue weighted by atomic mass is 9.71. The number of methoxy groups -OCH3 is 1. The number of rotatable bonds is 4. The van der Waals surface area contributed by atoms with Crippen molar-refractivity contribution in [1.82, 2.24) is 0 Å². The van der Waals surface area contributed by atoms with Crippen LogP contribution in [0.2, 0.25) is 0 Å². The van der Waals surface area contributed by atoms with Crippen LogP contribution < -0.4 is 0 Å². The van der Waals surface area contributed by atoms with Gasteiger partial charge < -0.3 is 9.84 Å². The normalized spacial score (nSPS) is 22.6. The minimum absolute atomic E-state index is 0.369. The Morgan fingerprint density at radius 1 is 1.22 bits per heavy atom. The van der Waals surface area contributed by atoms with Gasteiger partial charge in [0.15, 0.2) is 0 Å². The van der Waals surface area contributed by atoms with Crippen LogP contribution in [0.4, 0.5) is 0 Å². The summed E-state index contributed by atoms with van der Waals surface area (Å²) in [6.45, 7) is 3.93. The van der Waals surface area contributed by atoms with Crippen molar-refractivity contribution in [3.8, 4) is 6.07 Å². The third kappa shape index (κ3) is 3.96. The number of hydrogen-bond donors (Lipinski definition) is 1. The Labute approximate surface area is 111 Å². The lowest BCUT2D eigenvalue weighted by molar-refractivity contribution is -0.0531. The topological polar surface area (TPSA) is 53.2 Å². The molecule has 0 heterocycles. The van der Waals surface area contributed by atoms with Crippen molar-refractivity contribution in [2.24, 2.45) is 5.41 Å². The van der Waals surface area contributed by atoms with Crippen LogP contribution in [0.1, 0.15) is 65.2 Å². The molecule has 0 spiro atoms. The van der Waals surface area contributed by atoms with E-state index in [0.29, 0.717) is 6.42 Å². The molecule has 18 heavy (non-hydrogen) atoms. The summed E-state index contributed by atoms with van der Waals surface area (Å²) in [6.07, 6.45) is 7.33. The fourth-order valence-electron chi connectivity index (χ4n) is 2.80. The predicted molar refractivity (Wildman–Crippen MR) is 72.1 cm³/mol. The molecule has 0 saturated heterocycles. The minimum Gasteiger partial charge on any atom is -0.391 e. The zero-order valence-corrected chi connectivity index (χ0v) is 12.0. The Hall–Kier alpha value is -0.590. The largest absolute Gasteiger partial charge is 0.391 e. The maximum Gasteiger partial charge on any atom is 0.0833 e. The quantitative estimate of drug-likeness (QED) is 0.835. The summed E-state index contributed by atoms with van der Waals surface area (Å²) in [7, 11) is 1.66. The van der Waals surface area contributed by atoms with E-state index >= 15 is 0 Å². The van der Waals surface area contributed by atoms with Crippen LogP contribution in [0.15, 0.2) is 0 Å². The van der Waals surface area contributed by atoms with Gasteiger partial charge in [0, 0.05) is 13.5 Å². The molecule has 0 aliphatic heterocycles. The summed E-state index contributed by atoms with van der Waals surface area (Å²) in [5.41, 5.74) is -0.929. The van der Waals surface area contributed by atoms with E-state index in [0.717, 1.165) is 25.7 Å². The number of aliphatic hydroxyl groups excluding tert-OH is 1. The average Bonchev–Trinajstić information content (AvgIpc) is 2.29. The summed E-state index contributed by atoms with van der Waals surface area (Å²) >= 11 is 0. The minimum atomic E-state index is -0.587. The third-order valence-corrected chi connectivity index (χ3v) is 4.34. The van der Waals surface area contributed by atoms with Crippen LogP contribution in [-0.4, -0.2) is 23.9 Å². The number of nitrogens with zero attached hydrogens (tertiary/aromatic N) is 1. The molecular formula is C15H27NO2. The lowest BCUT2D eigenvalue weighted by Gasteiger charge is -2.37. The molecule has 1 fully saturated rings. The summed E-state index contributed by atoms with van der Waals surface area (Å²) < 4.78 is 5.38. The van der Waals surface area contributed by atoms with Crippen molar-refractivity contribution in [2.45, 2.75) is 76.9 Å². The van der Waals surface area contributed by atoms with Gasteiger partial charge in [-0.1, -0.05) is 32.1 Å². The number of aliphatic hydroxyl groups is 1. The molecule has 0 aromatic rings. The first kappa shape index (κ1) is 15.5. The van der Waals surface area contributed by atoms with E-state index in [1.807, 2.05) is 13.8 Å². The van der Waals surface area contributed by atoms with Crippen LogP contribution in [0.25, 0.3) is 0 Å². The van der Waals surface area contributed by atoms with E-state index in [-0.39, 0.29) is 5.60 Å². The van der Waals surface area contributed by atoms with Crippen molar-refractivity contribution in [2.75, 3.05) is 7.11 Å². The maximum atomic E-state index is 10.5. The van der Waals surface area contributed by atoms with Gasteiger partial charge in [-0.3, -0.25) is 0 Å². The van der Waals surface area contributed by atoms with Gasteiger partial charge in [0.1, 0.15) is 0 Å². The van der Waals surface area contributed by atoms with E-state index in [1.54, 1.807) is 7.11 Å². The molecule has 1 N–H and O–H groups in total. The first-order valence-corrected chi connectivity index (χ1v) is 7.10. The van der Waals surface area contributed by atoms with Gasteiger partial charge in [0.2, 0.25) is 0 Å². The molecule has 1 atom stereocenters. The van der Waals surface area contributed by atoms with E-state index in [9.17, 15) is 10.4 Å². The highest BCUT2D eigenvalue weighted by atomic mass is 16.5. The molecule has 0 aromatic carbocycles. The summed E-state index contributed by atoms with van der Waals surface area (Å²) in [5.74, 6) is 0. The Balaban J connectivity index is 2.75. The van der Waals surface area contributed by atoms with Crippen molar-refractivity contribution in [3.05, 3.63) is 0 Å². The van der Waals surface area contributed by atoms with Gasteiger partial charge in [-0.05, 0) is 26.7 Å². The standard InChI is InChI=1S/C15H27NO2/c1-14(2,18-3)11-13(17)15(12-16)9-7-5-4-6-8-10-15/h13,17H,4-11H2,1-3H3. The number of nitriles is 1. The van der Waals surface area contributed by atoms with Gasteiger partial charge in [-0.2, -0.15) is 5.26 Å². The lowest BCUT2D eigenvalue weighted by Crippen LogP contribution is -2.40. The molecular weight excluding hydrogens is 226 g/mol. The van der Waals surface area contributed by atoms with Crippen molar-refractivity contribution < 1.29 is 9.84 Å². The highest BCUT2D eigenvalue weighted by Crippen LogP contribution is 2.39. The third-order valence-electron chi connectivity index (χ3n) is 4.34. The molecule has 1 rings (SSSR count). The fraction of sp³-hybridized carbons (Fsp3) is 0.933. The molecule has 0 aromatic heterocycles. The second-order valence-corrected chi connectivity index (χ2v) is 6.22. The molecule has 104 valence electrons. The Morgan fingerprint density at radius 2 is 1.72 bits per heavy atom. The van der Waals surface area contributed by atoms with Gasteiger partial charge in [-0.15, -0.1) is 0 Å². The van der Waals surface area contributed by atoms with E-state index < -0.39 is 11.5 Å². The summed E-state index contributed by atoms with van der Waals surface area (Å²) in [4.78, 5) is 0. The fourth-order valence-corrected chi connectivity index (χ4v) is 2.80. The van der Waals surface area contributed by atoms with Crippen molar-refractivity contribution in [1.29, 1.82) is 5.26 Å². The van der Waals surface area contributed by atoms with Crippen molar-refractivity contribution >= 4 is 0 Å². The van der Waals surface area contributed by atoms with Crippen LogP contribution in [-0.2, 0) is 4.74 Å². The van der Waals surface area contributed by atoms with E-state index in [1.165, 1.54) is 19.3 Å². The smallest absolute Gasteiger partial charge is 0.0833 e. The van der Waals surface area contributed by atoms with Gasteiger partial charge in [0.05, 0.1) is 23.2 Å². The first-order chi connectivity index (χ1) is 8.46. The van der Waals surface area contributed by atoms with Crippen molar-refractivity contribution in [3.63, 3.8) is 0 Å². The molecule has 1 aliphatic rings. The zero-order chi connectivity index (χ0) is 13.6. The molecule has 0 bridgehead atoms. The molecule has 0 radical (unpaired) electrons. The molecule has 0 amide bonds. The monoisotopic (exact) mass is 253 g/mol. The average molecular weight is 253 g/mol. The Morgan fingerprint density at radius 3 is 2.17 bits per heavy atom. The van der Waals surface area contributed by atoms with E-state index in [2.05, 4.69) is 6.07 Å². The van der Waals surface area contributed by atoms with Crippen LogP contribution >= 0.6 is 0 Å². The zero-order valence-electron chi connectivity index (χ0n) is 12.0. The Bertz CT molecular complexity index is 285. The molecule has 3 heteroatoms. The van der Waals surface area contributed by atoms with Crippen LogP contribution in [0.5, 0.6) is 0 Å². The highest BCUT2D eigenvalue weighted by Gasteiger charge is 2.40. The summed E-state index contributed by atoms with van der Waals surface area (Å²) in [5, 5.41) is 20.1. The molecule has 1 saturated carbocycles. The number of ether oxygens (including phenoxy) is 1.